The number of hydrogen-bond acceptors (Lipinski definition) is 2. The van der Waals surface area contributed by atoms with Gasteiger partial charge in [0.1, 0.15) is 12.4 Å². The molecule has 1 unspecified atom stereocenters. The molecule has 4 rings (SSSR count). The standard InChI is InChI=1S/C28H26ClNO/c1-21(24-9-11-25(12-10-24)26-13-15-27(29)16-14-26)30-19-22-7-17-28(18-8-22)31-20-23-5-3-2-4-6-23/h2-18,21,30H,19-20H2,1H3. The van der Waals surface area contributed by atoms with Crippen molar-refractivity contribution in [2.24, 2.45) is 0 Å². The molecule has 2 nitrogen and oxygen atoms in total. The van der Waals surface area contributed by atoms with Gasteiger partial charge in [-0.3, -0.25) is 0 Å². The topological polar surface area (TPSA) is 21.3 Å². The second-order valence-electron chi connectivity index (χ2n) is 7.65. The van der Waals surface area contributed by atoms with Crippen molar-refractivity contribution in [3.63, 3.8) is 0 Å². The third-order valence-electron chi connectivity index (χ3n) is 5.37. The first kappa shape index (κ1) is 21.2. The van der Waals surface area contributed by atoms with Gasteiger partial charge >= 0.3 is 0 Å². The first-order chi connectivity index (χ1) is 15.2. The molecule has 0 aliphatic rings. The summed E-state index contributed by atoms with van der Waals surface area (Å²) in [5.41, 5.74) is 6.03. The molecule has 0 aromatic heterocycles. The molecule has 0 fully saturated rings. The van der Waals surface area contributed by atoms with Crippen LogP contribution in [0.4, 0.5) is 0 Å². The van der Waals surface area contributed by atoms with Crippen molar-refractivity contribution in [2.75, 3.05) is 0 Å². The van der Waals surface area contributed by atoms with Crippen LogP contribution in [0.3, 0.4) is 0 Å². The number of rotatable bonds is 8. The summed E-state index contributed by atoms with van der Waals surface area (Å²) in [4.78, 5) is 0. The van der Waals surface area contributed by atoms with Crippen LogP contribution in [0.1, 0.15) is 29.7 Å². The first-order valence-corrected chi connectivity index (χ1v) is 10.9. The maximum absolute atomic E-state index is 5.99. The van der Waals surface area contributed by atoms with Crippen LogP contribution in [0.25, 0.3) is 11.1 Å². The summed E-state index contributed by atoms with van der Waals surface area (Å²) in [5.74, 6) is 0.887. The molecular weight excluding hydrogens is 402 g/mol. The average molecular weight is 428 g/mol. The Morgan fingerprint density at radius 1 is 0.710 bits per heavy atom. The second-order valence-corrected chi connectivity index (χ2v) is 8.09. The summed E-state index contributed by atoms with van der Waals surface area (Å²) < 4.78 is 5.87. The third kappa shape index (κ3) is 5.97. The lowest BCUT2D eigenvalue weighted by atomic mass is 10.0. The fourth-order valence-electron chi connectivity index (χ4n) is 3.44. The molecule has 4 aromatic rings. The Hall–Kier alpha value is -3.07. The van der Waals surface area contributed by atoms with E-state index in [4.69, 9.17) is 16.3 Å². The SMILES string of the molecule is CC(NCc1ccc(OCc2ccccc2)cc1)c1ccc(-c2ccc(Cl)cc2)cc1. The summed E-state index contributed by atoms with van der Waals surface area (Å²) >= 11 is 5.99. The van der Waals surface area contributed by atoms with Gasteiger partial charge in [-0.2, -0.15) is 0 Å². The van der Waals surface area contributed by atoms with Crippen LogP contribution in [0, 0.1) is 0 Å². The number of halogens is 1. The minimum atomic E-state index is 0.258. The Labute approximate surface area is 189 Å². The van der Waals surface area contributed by atoms with Gasteiger partial charge < -0.3 is 10.1 Å². The summed E-state index contributed by atoms with van der Waals surface area (Å²) in [6.45, 7) is 3.58. The zero-order chi connectivity index (χ0) is 21.5. The molecule has 0 amide bonds. The number of hydrogen-bond donors (Lipinski definition) is 1. The van der Waals surface area contributed by atoms with Gasteiger partial charge in [-0.05, 0) is 59.0 Å². The minimum Gasteiger partial charge on any atom is -0.489 e. The molecule has 4 aromatic carbocycles. The molecule has 0 aliphatic heterocycles. The van der Waals surface area contributed by atoms with Crippen molar-refractivity contribution < 1.29 is 4.74 Å². The van der Waals surface area contributed by atoms with Gasteiger partial charge in [-0.15, -0.1) is 0 Å². The number of nitrogens with one attached hydrogen (secondary N) is 1. The highest BCUT2D eigenvalue weighted by atomic mass is 35.5. The quantitative estimate of drug-likeness (QED) is 0.315. The smallest absolute Gasteiger partial charge is 0.119 e. The minimum absolute atomic E-state index is 0.258. The highest BCUT2D eigenvalue weighted by Gasteiger charge is 2.06. The molecule has 0 saturated heterocycles. The lowest BCUT2D eigenvalue weighted by Crippen LogP contribution is -2.17. The Kier molecular flexibility index (Phi) is 7.03. The lowest BCUT2D eigenvalue weighted by Gasteiger charge is -2.15. The Morgan fingerprint density at radius 2 is 1.32 bits per heavy atom. The van der Waals surface area contributed by atoms with Gasteiger partial charge in [-0.1, -0.05) is 90.5 Å². The van der Waals surface area contributed by atoms with E-state index in [-0.39, 0.29) is 6.04 Å². The van der Waals surface area contributed by atoms with Crippen LogP contribution >= 0.6 is 11.6 Å². The van der Waals surface area contributed by atoms with Crippen LogP contribution in [-0.2, 0) is 13.2 Å². The fraction of sp³-hybridized carbons (Fsp3) is 0.143. The molecule has 0 radical (unpaired) electrons. The van der Waals surface area contributed by atoms with Gasteiger partial charge in [0.15, 0.2) is 0 Å². The zero-order valence-corrected chi connectivity index (χ0v) is 18.3. The van der Waals surface area contributed by atoms with Gasteiger partial charge in [-0.25, -0.2) is 0 Å². The lowest BCUT2D eigenvalue weighted by molar-refractivity contribution is 0.306. The second kappa shape index (κ2) is 10.3. The van der Waals surface area contributed by atoms with E-state index in [0.717, 1.165) is 17.3 Å². The molecule has 3 heteroatoms. The highest BCUT2D eigenvalue weighted by Crippen LogP contribution is 2.24. The molecule has 1 N–H and O–H groups in total. The predicted molar refractivity (Wildman–Crippen MR) is 129 cm³/mol. The normalized spacial score (nSPS) is 11.8. The van der Waals surface area contributed by atoms with Crippen LogP contribution in [-0.4, -0.2) is 0 Å². The van der Waals surface area contributed by atoms with Gasteiger partial charge in [0, 0.05) is 17.6 Å². The van der Waals surface area contributed by atoms with Crippen molar-refractivity contribution in [1.29, 1.82) is 0 Å². The van der Waals surface area contributed by atoms with E-state index >= 15 is 0 Å². The summed E-state index contributed by atoms with van der Waals surface area (Å²) in [6, 6.07) is 35.4. The summed E-state index contributed by atoms with van der Waals surface area (Å²) in [7, 11) is 0. The van der Waals surface area contributed by atoms with Crippen molar-refractivity contribution in [3.8, 4) is 16.9 Å². The van der Waals surface area contributed by atoms with E-state index < -0.39 is 0 Å². The molecule has 31 heavy (non-hydrogen) atoms. The Balaban J connectivity index is 1.29. The van der Waals surface area contributed by atoms with Crippen molar-refractivity contribution in [2.45, 2.75) is 26.1 Å². The van der Waals surface area contributed by atoms with Gasteiger partial charge in [0.05, 0.1) is 0 Å². The van der Waals surface area contributed by atoms with E-state index in [9.17, 15) is 0 Å². The van der Waals surface area contributed by atoms with E-state index in [2.05, 4.69) is 60.8 Å². The molecule has 0 aliphatic carbocycles. The monoisotopic (exact) mass is 427 g/mol. The molecule has 0 saturated carbocycles. The largest absolute Gasteiger partial charge is 0.489 e. The molecule has 156 valence electrons. The van der Waals surface area contributed by atoms with E-state index in [1.807, 2.05) is 54.6 Å². The van der Waals surface area contributed by atoms with Gasteiger partial charge in [0.25, 0.3) is 0 Å². The van der Waals surface area contributed by atoms with Crippen molar-refractivity contribution in [1.82, 2.24) is 5.32 Å². The number of benzene rings is 4. The van der Waals surface area contributed by atoms with Crippen LogP contribution in [0.2, 0.25) is 5.02 Å². The maximum atomic E-state index is 5.99. The average Bonchev–Trinajstić information content (AvgIpc) is 2.83. The molecule has 0 heterocycles. The van der Waals surface area contributed by atoms with E-state index in [0.29, 0.717) is 6.61 Å². The summed E-state index contributed by atoms with van der Waals surface area (Å²) in [5, 5.41) is 4.36. The summed E-state index contributed by atoms with van der Waals surface area (Å²) in [6.07, 6.45) is 0. The van der Waals surface area contributed by atoms with Crippen LogP contribution in [0.15, 0.2) is 103 Å². The maximum Gasteiger partial charge on any atom is 0.119 e. The van der Waals surface area contributed by atoms with E-state index in [1.165, 1.54) is 27.8 Å². The van der Waals surface area contributed by atoms with E-state index in [1.54, 1.807) is 0 Å². The highest BCUT2D eigenvalue weighted by molar-refractivity contribution is 6.30. The predicted octanol–water partition coefficient (Wildman–Crippen LogP) is 7.44. The molecular formula is C28H26ClNO. The van der Waals surface area contributed by atoms with Gasteiger partial charge in [0.2, 0.25) is 0 Å². The molecule has 0 bridgehead atoms. The number of ether oxygens (including phenoxy) is 1. The third-order valence-corrected chi connectivity index (χ3v) is 5.62. The fourth-order valence-corrected chi connectivity index (χ4v) is 3.57. The van der Waals surface area contributed by atoms with Crippen LogP contribution < -0.4 is 10.1 Å². The Morgan fingerprint density at radius 3 is 1.97 bits per heavy atom. The zero-order valence-electron chi connectivity index (χ0n) is 17.6. The molecule has 0 spiro atoms. The molecule has 1 atom stereocenters. The van der Waals surface area contributed by atoms with Crippen LogP contribution in [0.5, 0.6) is 5.75 Å². The van der Waals surface area contributed by atoms with Crippen molar-refractivity contribution >= 4 is 11.6 Å². The van der Waals surface area contributed by atoms with Crippen molar-refractivity contribution in [3.05, 3.63) is 125 Å². The first-order valence-electron chi connectivity index (χ1n) is 10.5. The Bertz CT molecular complexity index is 1070.